The Hall–Kier alpha value is -1.82. The van der Waals surface area contributed by atoms with E-state index in [1.54, 1.807) is 0 Å². The summed E-state index contributed by atoms with van der Waals surface area (Å²) in [4.78, 5) is 11.5. The molecule has 0 aliphatic carbocycles. The number of hydrogen-bond acceptors (Lipinski definition) is 3. The fourth-order valence-electron chi connectivity index (χ4n) is 2.08. The average Bonchev–Trinajstić information content (AvgIpc) is 2.49. The van der Waals surface area contributed by atoms with E-state index in [0.717, 1.165) is 12.1 Å². The summed E-state index contributed by atoms with van der Waals surface area (Å²) in [6.45, 7) is 10.8. The molecule has 1 aromatic rings. The minimum atomic E-state index is -0.492. The fourth-order valence-corrected chi connectivity index (χ4v) is 2.29. The molecule has 24 heavy (non-hydrogen) atoms. The minimum absolute atomic E-state index is 0.426. The van der Waals surface area contributed by atoms with Gasteiger partial charge in [-0.1, -0.05) is 32.0 Å². The molecule has 0 radical (unpaired) electrons. The molecule has 6 heteroatoms. The number of carbonyl (C=O) groups excluding carboxylic acids is 1. The fraction of sp³-hybridized carbons (Fsp3) is 0.556. The van der Waals surface area contributed by atoms with E-state index in [4.69, 9.17) is 17.0 Å². The van der Waals surface area contributed by atoms with Gasteiger partial charge in [-0.25, -0.2) is 4.79 Å². The van der Waals surface area contributed by atoms with Gasteiger partial charge in [-0.2, -0.15) is 0 Å². The van der Waals surface area contributed by atoms with Crippen LogP contribution in [0.2, 0.25) is 0 Å². The van der Waals surface area contributed by atoms with Gasteiger partial charge in [-0.15, -0.1) is 0 Å². The lowest BCUT2D eigenvalue weighted by Gasteiger charge is -2.20. The molecule has 0 aliphatic rings. The molecule has 1 atom stereocenters. The second-order valence-corrected chi connectivity index (χ2v) is 7.11. The average molecular weight is 352 g/mol. The molecule has 3 N–H and O–H groups in total. The number of carbonyl (C=O) groups is 1. The van der Waals surface area contributed by atoms with Crippen LogP contribution in [0.3, 0.4) is 0 Å². The number of alkyl carbamates (subject to hydrolysis) is 1. The Morgan fingerprint density at radius 2 is 1.83 bits per heavy atom. The summed E-state index contributed by atoms with van der Waals surface area (Å²) < 4.78 is 5.17. The van der Waals surface area contributed by atoms with Gasteiger partial charge in [0.25, 0.3) is 0 Å². The van der Waals surface area contributed by atoms with Crippen LogP contribution in [-0.2, 0) is 4.74 Å². The van der Waals surface area contributed by atoms with Crippen LogP contribution < -0.4 is 16.0 Å². The van der Waals surface area contributed by atoms with Crippen LogP contribution >= 0.6 is 12.2 Å². The molecule has 0 aromatic heterocycles. The summed E-state index contributed by atoms with van der Waals surface area (Å²) in [5.74, 6) is 0.463. The lowest BCUT2D eigenvalue weighted by atomic mass is 9.97. The van der Waals surface area contributed by atoms with Crippen molar-refractivity contribution in [2.75, 3.05) is 18.4 Å². The first-order valence-electron chi connectivity index (χ1n) is 8.33. The van der Waals surface area contributed by atoms with Crippen molar-refractivity contribution in [2.45, 2.75) is 52.6 Å². The molecule has 0 fully saturated rings. The zero-order valence-corrected chi connectivity index (χ0v) is 16.0. The van der Waals surface area contributed by atoms with Crippen molar-refractivity contribution < 1.29 is 9.53 Å². The van der Waals surface area contributed by atoms with E-state index < -0.39 is 11.7 Å². The molecule has 1 rings (SSSR count). The smallest absolute Gasteiger partial charge is 0.407 e. The number of anilines is 1. The van der Waals surface area contributed by atoms with Crippen molar-refractivity contribution in [2.24, 2.45) is 0 Å². The maximum Gasteiger partial charge on any atom is 0.407 e. The zero-order valence-electron chi connectivity index (χ0n) is 15.2. The minimum Gasteiger partial charge on any atom is -0.444 e. The van der Waals surface area contributed by atoms with E-state index in [1.165, 1.54) is 5.56 Å². The predicted molar refractivity (Wildman–Crippen MR) is 104 cm³/mol. The van der Waals surface area contributed by atoms with Gasteiger partial charge >= 0.3 is 6.09 Å². The highest BCUT2D eigenvalue weighted by atomic mass is 32.1. The van der Waals surface area contributed by atoms with Gasteiger partial charge in [0, 0.05) is 18.8 Å². The Labute approximate surface area is 150 Å². The molecule has 0 saturated heterocycles. The van der Waals surface area contributed by atoms with Crippen LogP contribution in [0.15, 0.2) is 24.3 Å². The van der Waals surface area contributed by atoms with Crippen LogP contribution in [-0.4, -0.2) is 29.9 Å². The Bertz CT molecular complexity index is 555. The van der Waals surface area contributed by atoms with Crippen molar-refractivity contribution >= 4 is 29.1 Å². The topological polar surface area (TPSA) is 62.4 Å². The molecule has 1 amide bonds. The van der Waals surface area contributed by atoms with Gasteiger partial charge in [0.1, 0.15) is 5.60 Å². The Kier molecular flexibility index (Phi) is 7.98. The number of rotatable bonds is 6. The normalized spacial score (nSPS) is 12.2. The second kappa shape index (κ2) is 9.47. The summed E-state index contributed by atoms with van der Waals surface area (Å²) in [7, 11) is 0. The van der Waals surface area contributed by atoms with E-state index in [2.05, 4.69) is 35.9 Å². The second-order valence-electron chi connectivity index (χ2n) is 6.71. The molecule has 0 spiro atoms. The van der Waals surface area contributed by atoms with Gasteiger partial charge in [0.05, 0.1) is 0 Å². The molecule has 1 unspecified atom stereocenters. The number of thiocarbonyl (C=S) groups is 1. The van der Waals surface area contributed by atoms with Crippen molar-refractivity contribution in [3.8, 4) is 0 Å². The molecular formula is C18H29N3O2S. The Balaban J connectivity index is 2.39. The first kappa shape index (κ1) is 20.2. The number of hydrogen-bond donors (Lipinski definition) is 3. The van der Waals surface area contributed by atoms with Gasteiger partial charge in [0.2, 0.25) is 0 Å². The predicted octanol–water partition coefficient (Wildman–Crippen LogP) is 4.01. The van der Waals surface area contributed by atoms with E-state index >= 15 is 0 Å². The summed E-state index contributed by atoms with van der Waals surface area (Å²) in [5, 5.41) is 9.54. The molecular weight excluding hydrogens is 322 g/mol. The third-order valence-corrected chi connectivity index (χ3v) is 3.68. The molecule has 0 heterocycles. The van der Waals surface area contributed by atoms with E-state index in [1.807, 2.05) is 39.0 Å². The molecule has 0 saturated carbocycles. The van der Waals surface area contributed by atoms with E-state index in [0.29, 0.717) is 24.1 Å². The number of amides is 1. The summed E-state index contributed by atoms with van der Waals surface area (Å²) in [5.41, 5.74) is 1.77. The molecule has 0 aliphatic heterocycles. The number of nitrogens with one attached hydrogen (secondary N) is 3. The largest absolute Gasteiger partial charge is 0.444 e. The van der Waals surface area contributed by atoms with Crippen molar-refractivity contribution in [3.05, 3.63) is 29.8 Å². The maximum atomic E-state index is 11.5. The lowest BCUT2D eigenvalue weighted by Crippen LogP contribution is -2.39. The first-order chi connectivity index (χ1) is 11.2. The Morgan fingerprint density at radius 1 is 1.21 bits per heavy atom. The standard InChI is InChI=1S/C18H29N3O2S/c1-6-13(2)14-9-7-8-10-15(14)21-16(24)19-11-12-20-17(22)23-18(3,4)5/h7-10,13H,6,11-12H2,1-5H3,(H,20,22)(H2,19,21,24). The number of ether oxygens (including phenoxy) is 1. The molecule has 0 bridgehead atoms. The van der Waals surface area contributed by atoms with Crippen LogP contribution in [0.4, 0.5) is 10.5 Å². The van der Waals surface area contributed by atoms with Crippen molar-refractivity contribution in [3.63, 3.8) is 0 Å². The highest BCUT2D eigenvalue weighted by Gasteiger charge is 2.15. The monoisotopic (exact) mass is 351 g/mol. The van der Waals surface area contributed by atoms with Crippen LogP contribution in [0, 0.1) is 0 Å². The number of benzene rings is 1. The summed E-state index contributed by atoms with van der Waals surface area (Å²) in [6.07, 6.45) is 0.642. The first-order valence-corrected chi connectivity index (χ1v) is 8.74. The van der Waals surface area contributed by atoms with Crippen LogP contribution in [0.5, 0.6) is 0 Å². The molecule has 5 nitrogen and oxygen atoms in total. The summed E-state index contributed by atoms with van der Waals surface area (Å²) >= 11 is 5.32. The third-order valence-electron chi connectivity index (χ3n) is 3.43. The molecule has 1 aromatic carbocycles. The van der Waals surface area contributed by atoms with Crippen molar-refractivity contribution in [1.82, 2.24) is 10.6 Å². The lowest BCUT2D eigenvalue weighted by molar-refractivity contribution is 0.0529. The number of para-hydroxylation sites is 1. The SMILES string of the molecule is CCC(C)c1ccccc1NC(=S)NCCNC(=O)OC(C)(C)C. The highest BCUT2D eigenvalue weighted by molar-refractivity contribution is 7.80. The van der Waals surface area contributed by atoms with Gasteiger partial charge in [-0.05, 0) is 57.0 Å². The quantitative estimate of drug-likeness (QED) is 0.534. The van der Waals surface area contributed by atoms with Crippen LogP contribution in [0.1, 0.15) is 52.5 Å². The Morgan fingerprint density at radius 3 is 2.46 bits per heavy atom. The van der Waals surface area contributed by atoms with Crippen LogP contribution in [0.25, 0.3) is 0 Å². The summed E-state index contributed by atoms with van der Waals surface area (Å²) in [6, 6.07) is 8.16. The maximum absolute atomic E-state index is 11.5. The highest BCUT2D eigenvalue weighted by Crippen LogP contribution is 2.26. The van der Waals surface area contributed by atoms with Gasteiger partial charge in [-0.3, -0.25) is 0 Å². The van der Waals surface area contributed by atoms with E-state index in [9.17, 15) is 4.79 Å². The zero-order chi connectivity index (χ0) is 18.2. The van der Waals surface area contributed by atoms with Gasteiger partial charge < -0.3 is 20.7 Å². The molecule has 134 valence electrons. The third kappa shape index (κ3) is 7.64. The van der Waals surface area contributed by atoms with Crippen molar-refractivity contribution in [1.29, 1.82) is 0 Å². The van der Waals surface area contributed by atoms with E-state index in [-0.39, 0.29) is 0 Å². The van der Waals surface area contributed by atoms with Gasteiger partial charge in [0.15, 0.2) is 5.11 Å².